The lowest BCUT2D eigenvalue weighted by atomic mass is 10.2. The largest absolute Gasteiger partial charge is 0.497 e. The van der Waals surface area contributed by atoms with Gasteiger partial charge >= 0.3 is 0 Å². The fourth-order valence-electron chi connectivity index (χ4n) is 1.74. The predicted molar refractivity (Wildman–Crippen MR) is 78.5 cm³/mol. The highest BCUT2D eigenvalue weighted by molar-refractivity contribution is 7.89. The van der Waals surface area contributed by atoms with Crippen LogP contribution in [0.5, 0.6) is 5.75 Å². The summed E-state index contributed by atoms with van der Waals surface area (Å²) in [4.78, 5) is -0.159. The first-order chi connectivity index (χ1) is 9.79. The maximum absolute atomic E-state index is 13.7. The van der Waals surface area contributed by atoms with E-state index in [4.69, 9.17) is 15.6 Å². The van der Waals surface area contributed by atoms with Gasteiger partial charge < -0.3 is 15.8 Å². The van der Waals surface area contributed by atoms with Gasteiger partial charge in [-0.15, -0.1) is 0 Å². The minimum atomic E-state index is -3.90. The molecule has 0 aliphatic heterocycles. The van der Waals surface area contributed by atoms with E-state index in [0.717, 1.165) is 0 Å². The highest BCUT2D eigenvalue weighted by atomic mass is 32.2. The van der Waals surface area contributed by atoms with E-state index in [1.165, 1.54) is 43.5 Å². The van der Waals surface area contributed by atoms with E-state index < -0.39 is 15.8 Å². The lowest BCUT2D eigenvalue weighted by Gasteiger charge is -2.11. The third-order valence-electron chi connectivity index (χ3n) is 2.71. The molecular formula is C13H14FN3O3S. The summed E-state index contributed by atoms with van der Waals surface area (Å²) in [6, 6.07) is 8.10. The fraction of sp³-hybridized carbons (Fsp3) is 0.0769. The Morgan fingerprint density at radius 2 is 1.90 bits per heavy atom. The molecule has 0 aliphatic rings. The first kappa shape index (κ1) is 15.1. The van der Waals surface area contributed by atoms with Crippen LogP contribution in [0, 0.1) is 5.82 Å². The Balaban J connectivity index is 2.42. The Morgan fingerprint density at radius 3 is 2.52 bits per heavy atom. The molecule has 0 heterocycles. The van der Waals surface area contributed by atoms with E-state index in [-0.39, 0.29) is 16.3 Å². The number of nitrogen functional groups attached to an aromatic ring is 1. The molecule has 0 bridgehead atoms. The van der Waals surface area contributed by atoms with Crippen LogP contribution in [0.1, 0.15) is 0 Å². The van der Waals surface area contributed by atoms with Gasteiger partial charge in [-0.1, -0.05) is 0 Å². The van der Waals surface area contributed by atoms with Gasteiger partial charge in [0.1, 0.15) is 11.6 Å². The summed E-state index contributed by atoms with van der Waals surface area (Å²) in [5, 5.41) is 7.80. The van der Waals surface area contributed by atoms with Crippen LogP contribution >= 0.6 is 0 Å². The number of sulfonamides is 1. The smallest absolute Gasteiger partial charge is 0.238 e. The summed E-state index contributed by atoms with van der Waals surface area (Å²) < 4.78 is 41.5. The van der Waals surface area contributed by atoms with Crippen molar-refractivity contribution in [1.82, 2.24) is 0 Å². The van der Waals surface area contributed by atoms with Crippen molar-refractivity contribution in [3.05, 3.63) is 42.2 Å². The number of nitrogens with one attached hydrogen (secondary N) is 1. The van der Waals surface area contributed by atoms with Gasteiger partial charge in [0.2, 0.25) is 10.0 Å². The van der Waals surface area contributed by atoms with E-state index in [1.807, 2.05) is 0 Å². The Labute approximate surface area is 121 Å². The maximum atomic E-state index is 13.7. The molecule has 0 aliphatic carbocycles. The van der Waals surface area contributed by atoms with Crippen molar-refractivity contribution < 1.29 is 17.5 Å². The molecule has 0 spiro atoms. The van der Waals surface area contributed by atoms with Crippen LogP contribution in [-0.2, 0) is 10.0 Å². The zero-order chi connectivity index (χ0) is 15.6. The monoisotopic (exact) mass is 311 g/mol. The molecule has 112 valence electrons. The molecule has 0 unspecified atom stereocenters. The molecule has 5 N–H and O–H groups in total. The molecule has 0 radical (unpaired) electrons. The molecule has 2 rings (SSSR count). The number of anilines is 3. The summed E-state index contributed by atoms with van der Waals surface area (Å²) in [5.41, 5.74) is 6.24. The van der Waals surface area contributed by atoms with Gasteiger partial charge in [0.25, 0.3) is 0 Å². The second-order valence-electron chi connectivity index (χ2n) is 4.31. The second-order valence-corrected chi connectivity index (χ2v) is 5.87. The molecule has 0 atom stereocenters. The van der Waals surface area contributed by atoms with Crippen LogP contribution in [-0.4, -0.2) is 15.5 Å². The van der Waals surface area contributed by atoms with Crippen LogP contribution < -0.4 is 20.9 Å². The molecule has 2 aromatic carbocycles. The van der Waals surface area contributed by atoms with Crippen molar-refractivity contribution in [3.63, 3.8) is 0 Å². The van der Waals surface area contributed by atoms with E-state index in [9.17, 15) is 12.8 Å². The Kier molecular flexibility index (Phi) is 4.01. The third-order valence-corrected chi connectivity index (χ3v) is 3.60. The zero-order valence-electron chi connectivity index (χ0n) is 11.1. The van der Waals surface area contributed by atoms with Crippen LogP contribution in [0.2, 0.25) is 0 Å². The van der Waals surface area contributed by atoms with Crippen molar-refractivity contribution in [2.45, 2.75) is 4.90 Å². The van der Waals surface area contributed by atoms with Gasteiger partial charge in [-0.25, -0.2) is 17.9 Å². The van der Waals surface area contributed by atoms with Gasteiger partial charge in [-0.05, 0) is 30.3 Å². The van der Waals surface area contributed by atoms with Gasteiger partial charge in [-0.3, -0.25) is 0 Å². The SMILES string of the molecule is COc1ccc(F)c(Nc2cc(N)cc(S(N)(=O)=O)c2)c1. The number of rotatable bonds is 4. The summed E-state index contributed by atoms with van der Waals surface area (Å²) in [5.74, 6) is -0.0650. The van der Waals surface area contributed by atoms with Crippen molar-refractivity contribution in [2.24, 2.45) is 5.14 Å². The normalized spacial score (nSPS) is 11.2. The highest BCUT2D eigenvalue weighted by Gasteiger charge is 2.11. The summed E-state index contributed by atoms with van der Waals surface area (Å²) in [7, 11) is -2.45. The van der Waals surface area contributed by atoms with Crippen LogP contribution in [0.25, 0.3) is 0 Å². The second kappa shape index (κ2) is 5.58. The van der Waals surface area contributed by atoms with Gasteiger partial charge in [0.05, 0.1) is 17.7 Å². The molecule has 2 aromatic rings. The lowest BCUT2D eigenvalue weighted by molar-refractivity contribution is 0.414. The van der Waals surface area contributed by atoms with E-state index in [0.29, 0.717) is 11.4 Å². The standard InChI is InChI=1S/C13H14FN3O3S/c1-20-10-2-3-12(14)13(7-10)17-9-4-8(15)5-11(6-9)21(16,18)19/h2-7,17H,15H2,1H3,(H2,16,18,19). The van der Waals surface area contributed by atoms with E-state index in [2.05, 4.69) is 5.32 Å². The Bertz CT molecular complexity index is 778. The first-order valence-electron chi connectivity index (χ1n) is 5.83. The lowest BCUT2D eigenvalue weighted by Crippen LogP contribution is -2.12. The topological polar surface area (TPSA) is 107 Å². The number of primary sulfonamides is 1. The number of halogens is 1. The molecule has 21 heavy (non-hydrogen) atoms. The number of nitrogens with two attached hydrogens (primary N) is 2. The fourth-order valence-corrected chi connectivity index (χ4v) is 2.33. The first-order valence-corrected chi connectivity index (χ1v) is 7.38. The van der Waals surface area contributed by atoms with Gasteiger partial charge in [0, 0.05) is 17.4 Å². The molecule has 8 heteroatoms. The summed E-state index contributed by atoms with van der Waals surface area (Å²) in [6.07, 6.45) is 0. The van der Waals surface area contributed by atoms with Crippen LogP contribution in [0.15, 0.2) is 41.3 Å². The quantitative estimate of drug-likeness (QED) is 0.746. The number of hydrogen-bond donors (Lipinski definition) is 3. The Morgan fingerprint density at radius 1 is 1.19 bits per heavy atom. The number of hydrogen-bond acceptors (Lipinski definition) is 5. The maximum Gasteiger partial charge on any atom is 0.238 e. The van der Waals surface area contributed by atoms with Crippen LogP contribution in [0.4, 0.5) is 21.5 Å². The highest BCUT2D eigenvalue weighted by Crippen LogP contribution is 2.27. The molecular weight excluding hydrogens is 297 g/mol. The van der Waals surface area contributed by atoms with Gasteiger partial charge in [0.15, 0.2) is 0 Å². The molecule has 0 amide bonds. The minimum absolute atomic E-state index is 0.125. The zero-order valence-corrected chi connectivity index (χ0v) is 11.9. The van der Waals surface area contributed by atoms with Crippen molar-refractivity contribution in [2.75, 3.05) is 18.2 Å². The average molecular weight is 311 g/mol. The molecule has 6 nitrogen and oxygen atoms in total. The predicted octanol–water partition coefficient (Wildman–Crippen LogP) is 1.81. The molecule has 0 saturated heterocycles. The number of benzene rings is 2. The van der Waals surface area contributed by atoms with E-state index >= 15 is 0 Å². The number of ether oxygens (including phenoxy) is 1. The van der Waals surface area contributed by atoms with Crippen molar-refractivity contribution in [3.8, 4) is 5.75 Å². The summed E-state index contributed by atoms with van der Waals surface area (Å²) in [6.45, 7) is 0. The average Bonchev–Trinajstić information content (AvgIpc) is 2.39. The molecule has 0 saturated carbocycles. The minimum Gasteiger partial charge on any atom is -0.497 e. The third kappa shape index (κ3) is 3.61. The molecule has 0 aromatic heterocycles. The number of methoxy groups -OCH3 is 1. The Hall–Kier alpha value is -2.32. The molecule has 0 fully saturated rings. The van der Waals surface area contributed by atoms with E-state index in [1.54, 1.807) is 0 Å². The van der Waals surface area contributed by atoms with Crippen molar-refractivity contribution >= 4 is 27.1 Å². The van der Waals surface area contributed by atoms with Crippen LogP contribution in [0.3, 0.4) is 0 Å². The summed E-state index contributed by atoms with van der Waals surface area (Å²) >= 11 is 0. The van der Waals surface area contributed by atoms with Gasteiger partial charge in [-0.2, -0.15) is 0 Å². The van der Waals surface area contributed by atoms with Crippen molar-refractivity contribution in [1.29, 1.82) is 0 Å².